The highest BCUT2D eigenvalue weighted by Gasteiger charge is 2.19. The van der Waals surface area contributed by atoms with Gasteiger partial charge in [0.2, 0.25) is 5.75 Å². The topological polar surface area (TPSA) is 73.6 Å². The molecule has 144 valence electrons. The van der Waals surface area contributed by atoms with Gasteiger partial charge in [-0.2, -0.15) is 0 Å². The Morgan fingerprint density at radius 1 is 1.14 bits per heavy atom. The molecule has 28 heavy (non-hydrogen) atoms. The average molecular weight is 378 g/mol. The van der Waals surface area contributed by atoms with Gasteiger partial charge in [-0.3, -0.25) is 9.36 Å². The first-order valence-electron chi connectivity index (χ1n) is 9.19. The summed E-state index contributed by atoms with van der Waals surface area (Å²) in [6.45, 7) is 2.63. The Labute approximate surface area is 162 Å². The van der Waals surface area contributed by atoms with Crippen molar-refractivity contribution in [2.24, 2.45) is 0 Å². The molecule has 0 atom stereocenters. The van der Waals surface area contributed by atoms with Crippen molar-refractivity contribution in [1.82, 2.24) is 9.55 Å². The number of phenolic OH excluding ortho intramolecular Hbond substituents is 1. The molecule has 6 heteroatoms. The number of phenols is 1. The molecule has 0 fully saturated rings. The summed E-state index contributed by atoms with van der Waals surface area (Å²) in [5.74, 6) is 1.33. The summed E-state index contributed by atoms with van der Waals surface area (Å²) < 4.78 is 12.2. The van der Waals surface area contributed by atoms with Gasteiger partial charge in [0.15, 0.2) is 11.5 Å². The van der Waals surface area contributed by atoms with E-state index in [1.807, 2.05) is 31.2 Å². The summed E-state index contributed by atoms with van der Waals surface area (Å²) in [7, 11) is 2.99. The second-order valence-corrected chi connectivity index (χ2v) is 6.96. The minimum Gasteiger partial charge on any atom is -0.502 e. The number of ether oxygens (including phenoxy) is 2. The van der Waals surface area contributed by atoms with E-state index >= 15 is 0 Å². The van der Waals surface area contributed by atoms with Crippen LogP contribution in [0.1, 0.15) is 29.8 Å². The molecule has 1 N–H and O–H groups in total. The molecule has 0 saturated heterocycles. The third-order valence-corrected chi connectivity index (χ3v) is 5.07. The molecule has 1 aliphatic heterocycles. The maximum Gasteiger partial charge on any atom is 0.261 e. The number of nitrogens with zero attached hydrogens (tertiary/aromatic N) is 2. The van der Waals surface area contributed by atoms with Crippen molar-refractivity contribution in [3.63, 3.8) is 0 Å². The fourth-order valence-corrected chi connectivity index (χ4v) is 3.66. The first-order chi connectivity index (χ1) is 13.5. The van der Waals surface area contributed by atoms with Crippen LogP contribution in [0.15, 0.2) is 35.1 Å². The van der Waals surface area contributed by atoms with E-state index in [0.29, 0.717) is 34.8 Å². The molecule has 3 aromatic rings. The van der Waals surface area contributed by atoms with Gasteiger partial charge in [-0.05, 0) is 61.2 Å². The molecule has 6 nitrogen and oxygen atoms in total. The highest BCUT2D eigenvalue weighted by molar-refractivity contribution is 5.85. The quantitative estimate of drug-likeness (QED) is 0.751. The standard InChI is InChI=1S/C22H22N2O4/c1-13-6-7-17-16(9-13)22(26)24-8-4-5-15(21(24)23-17)10-14-11-18(27-2)20(25)19(12-14)28-3/h6-7,9-12,25H,4-5,8H2,1-3H3/b15-10+. The van der Waals surface area contributed by atoms with Gasteiger partial charge in [-0.15, -0.1) is 0 Å². The van der Waals surface area contributed by atoms with Gasteiger partial charge in [-0.1, -0.05) is 11.6 Å². The smallest absolute Gasteiger partial charge is 0.261 e. The van der Waals surface area contributed by atoms with E-state index in [1.165, 1.54) is 14.2 Å². The van der Waals surface area contributed by atoms with Gasteiger partial charge in [0.25, 0.3) is 5.56 Å². The summed E-state index contributed by atoms with van der Waals surface area (Å²) in [6.07, 6.45) is 3.65. The molecule has 1 aliphatic rings. The van der Waals surface area contributed by atoms with Crippen molar-refractivity contribution in [3.05, 3.63) is 57.6 Å². The lowest BCUT2D eigenvalue weighted by atomic mass is 10.0. The predicted octanol–water partition coefficient (Wildman–Crippen LogP) is 3.76. The second-order valence-electron chi connectivity index (χ2n) is 6.96. The Balaban J connectivity index is 1.90. The molecule has 1 aromatic heterocycles. The summed E-state index contributed by atoms with van der Waals surface area (Å²) in [5.41, 5.74) is 3.53. The summed E-state index contributed by atoms with van der Waals surface area (Å²) >= 11 is 0. The van der Waals surface area contributed by atoms with E-state index in [2.05, 4.69) is 0 Å². The van der Waals surface area contributed by atoms with Gasteiger partial charge in [0.1, 0.15) is 5.82 Å². The van der Waals surface area contributed by atoms with Crippen molar-refractivity contribution >= 4 is 22.6 Å². The molecule has 4 rings (SSSR count). The van der Waals surface area contributed by atoms with Crippen LogP contribution in [0.4, 0.5) is 0 Å². The van der Waals surface area contributed by atoms with Crippen LogP contribution in [0.2, 0.25) is 0 Å². The SMILES string of the molecule is COc1cc(/C=C2\CCCn3c2nc2ccc(C)cc2c3=O)cc(OC)c1O. The third kappa shape index (κ3) is 3.01. The molecule has 2 aromatic carbocycles. The molecular formula is C22H22N2O4. The van der Waals surface area contributed by atoms with E-state index < -0.39 is 0 Å². The molecule has 2 heterocycles. The third-order valence-electron chi connectivity index (χ3n) is 5.07. The van der Waals surface area contributed by atoms with Gasteiger partial charge >= 0.3 is 0 Å². The molecule has 0 bridgehead atoms. The number of aromatic hydroxyl groups is 1. The fourth-order valence-electron chi connectivity index (χ4n) is 3.66. The highest BCUT2D eigenvalue weighted by Crippen LogP contribution is 2.38. The van der Waals surface area contributed by atoms with Crippen LogP contribution in [-0.2, 0) is 6.54 Å². The number of aromatic nitrogens is 2. The Hall–Kier alpha value is -3.28. The average Bonchev–Trinajstić information content (AvgIpc) is 2.70. The number of fused-ring (bicyclic) bond motifs is 2. The zero-order valence-electron chi connectivity index (χ0n) is 16.2. The van der Waals surface area contributed by atoms with Crippen LogP contribution in [-0.4, -0.2) is 28.9 Å². The van der Waals surface area contributed by atoms with Gasteiger partial charge < -0.3 is 14.6 Å². The number of hydrogen-bond donors (Lipinski definition) is 1. The van der Waals surface area contributed by atoms with E-state index in [9.17, 15) is 9.90 Å². The van der Waals surface area contributed by atoms with Crippen molar-refractivity contribution < 1.29 is 14.6 Å². The Morgan fingerprint density at radius 2 is 1.86 bits per heavy atom. The largest absolute Gasteiger partial charge is 0.502 e. The van der Waals surface area contributed by atoms with E-state index in [1.54, 1.807) is 16.7 Å². The molecule has 0 unspecified atom stereocenters. The van der Waals surface area contributed by atoms with Gasteiger partial charge in [0.05, 0.1) is 25.1 Å². The van der Waals surface area contributed by atoms with Crippen LogP contribution in [0.5, 0.6) is 17.2 Å². The molecule has 0 radical (unpaired) electrons. The van der Waals surface area contributed by atoms with Crippen molar-refractivity contribution in [1.29, 1.82) is 0 Å². The van der Waals surface area contributed by atoms with Gasteiger partial charge in [0, 0.05) is 6.54 Å². The first kappa shape index (κ1) is 18.1. The Morgan fingerprint density at radius 3 is 2.54 bits per heavy atom. The Kier molecular flexibility index (Phi) is 4.55. The molecule has 0 aliphatic carbocycles. The van der Waals surface area contributed by atoms with Crippen LogP contribution < -0.4 is 15.0 Å². The highest BCUT2D eigenvalue weighted by atomic mass is 16.5. The summed E-state index contributed by atoms with van der Waals surface area (Å²) in [5, 5.41) is 10.8. The number of allylic oxidation sites excluding steroid dienone is 1. The molecule has 0 spiro atoms. The minimum absolute atomic E-state index is 0.00447. The monoisotopic (exact) mass is 378 g/mol. The number of methoxy groups -OCH3 is 2. The molecule has 0 amide bonds. The second kappa shape index (κ2) is 7.03. The number of hydrogen-bond acceptors (Lipinski definition) is 5. The lowest BCUT2D eigenvalue weighted by Gasteiger charge is -2.21. The number of aryl methyl sites for hydroxylation is 1. The summed E-state index contributed by atoms with van der Waals surface area (Å²) in [4.78, 5) is 17.8. The van der Waals surface area contributed by atoms with Crippen LogP contribution in [0, 0.1) is 6.92 Å². The predicted molar refractivity (Wildman–Crippen MR) is 109 cm³/mol. The zero-order valence-corrected chi connectivity index (χ0v) is 16.2. The van der Waals surface area contributed by atoms with Crippen LogP contribution in [0.25, 0.3) is 22.6 Å². The minimum atomic E-state index is -0.0353. The van der Waals surface area contributed by atoms with E-state index in [0.717, 1.165) is 29.5 Å². The van der Waals surface area contributed by atoms with Crippen LogP contribution in [0.3, 0.4) is 0 Å². The first-order valence-corrected chi connectivity index (χ1v) is 9.19. The van der Waals surface area contributed by atoms with Crippen LogP contribution >= 0.6 is 0 Å². The number of rotatable bonds is 3. The Bertz CT molecular complexity index is 1140. The van der Waals surface area contributed by atoms with Crippen molar-refractivity contribution in [2.75, 3.05) is 14.2 Å². The lowest BCUT2D eigenvalue weighted by Crippen LogP contribution is -2.27. The lowest BCUT2D eigenvalue weighted by molar-refractivity contribution is 0.340. The summed E-state index contributed by atoms with van der Waals surface area (Å²) in [6, 6.07) is 9.24. The molecular weight excluding hydrogens is 356 g/mol. The maximum atomic E-state index is 13.0. The van der Waals surface area contributed by atoms with E-state index in [4.69, 9.17) is 14.5 Å². The van der Waals surface area contributed by atoms with Crippen molar-refractivity contribution in [3.8, 4) is 17.2 Å². The van der Waals surface area contributed by atoms with Crippen molar-refractivity contribution in [2.45, 2.75) is 26.3 Å². The molecule has 0 saturated carbocycles. The van der Waals surface area contributed by atoms with Gasteiger partial charge in [-0.25, -0.2) is 4.98 Å². The normalized spacial score (nSPS) is 14.9. The van der Waals surface area contributed by atoms with E-state index in [-0.39, 0.29) is 11.3 Å². The fraction of sp³-hybridized carbons (Fsp3) is 0.273. The zero-order chi connectivity index (χ0) is 19.8. The maximum absolute atomic E-state index is 13.0. The number of benzene rings is 2.